The summed E-state index contributed by atoms with van der Waals surface area (Å²) >= 11 is 0. The highest BCUT2D eigenvalue weighted by atomic mass is 32.2. The van der Waals surface area contributed by atoms with E-state index in [9.17, 15) is 18.0 Å². The third-order valence-corrected chi connectivity index (χ3v) is 4.57. The average Bonchev–Trinajstić information content (AvgIpc) is 2.69. The number of allylic oxidation sites excluding steroid dienone is 3. The molecule has 20 heavy (non-hydrogen) atoms. The fourth-order valence-electron chi connectivity index (χ4n) is 1.82. The number of hydrogen-bond acceptors (Lipinski definition) is 4. The van der Waals surface area contributed by atoms with Gasteiger partial charge in [-0.05, 0) is 13.3 Å². The molecule has 1 aliphatic rings. The maximum absolute atomic E-state index is 11.6. The van der Waals surface area contributed by atoms with E-state index in [0.29, 0.717) is 6.42 Å². The van der Waals surface area contributed by atoms with Gasteiger partial charge in [0.25, 0.3) is 0 Å². The molecule has 6 nitrogen and oxygen atoms in total. The summed E-state index contributed by atoms with van der Waals surface area (Å²) in [7, 11) is -2.99. The number of hydrogen-bond donors (Lipinski definition) is 2. The van der Waals surface area contributed by atoms with Crippen LogP contribution in [0.25, 0.3) is 0 Å². The number of amides is 2. The molecule has 2 amide bonds. The summed E-state index contributed by atoms with van der Waals surface area (Å²) in [6.45, 7) is 2.07. The second-order valence-corrected chi connectivity index (χ2v) is 6.82. The fraction of sp³-hybridized carbons (Fsp3) is 0.538. The first-order valence-electron chi connectivity index (χ1n) is 6.50. The molecular weight excluding hydrogens is 280 g/mol. The summed E-state index contributed by atoms with van der Waals surface area (Å²) in [5.41, 5.74) is 0. The molecule has 0 aromatic carbocycles. The molecule has 112 valence electrons. The first-order chi connectivity index (χ1) is 9.43. The molecule has 0 aromatic heterocycles. The minimum atomic E-state index is -2.99. The Morgan fingerprint density at radius 2 is 2.05 bits per heavy atom. The van der Waals surface area contributed by atoms with Crippen molar-refractivity contribution < 1.29 is 18.0 Å². The molecule has 1 fully saturated rings. The van der Waals surface area contributed by atoms with Gasteiger partial charge in [0.15, 0.2) is 9.84 Å². The van der Waals surface area contributed by atoms with Gasteiger partial charge in [-0.1, -0.05) is 18.2 Å². The highest BCUT2D eigenvalue weighted by Crippen LogP contribution is 2.11. The molecular formula is C13H20N2O4S. The van der Waals surface area contributed by atoms with Crippen molar-refractivity contribution in [3.8, 4) is 0 Å². The van der Waals surface area contributed by atoms with Crippen molar-refractivity contribution in [3.05, 3.63) is 24.3 Å². The second-order valence-electron chi connectivity index (χ2n) is 4.59. The predicted octanol–water partition coefficient (Wildman–Crippen LogP) is -0.0717. The molecule has 1 atom stereocenters. The lowest BCUT2D eigenvalue weighted by Crippen LogP contribution is -2.37. The lowest BCUT2D eigenvalue weighted by atomic mass is 10.2. The van der Waals surface area contributed by atoms with Crippen molar-refractivity contribution in [1.29, 1.82) is 0 Å². The van der Waals surface area contributed by atoms with Crippen molar-refractivity contribution in [3.63, 3.8) is 0 Å². The zero-order valence-corrected chi connectivity index (χ0v) is 12.3. The smallest absolute Gasteiger partial charge is 0.243 e. The van der Waals surface area contributed by atoms with Crippen LogP contribution in [0.2, 0.25) is 0 Å². The minimum Gasteiger partial charge on any atom is -0.352 e. The van der Waals surface area contributed by atoms with Crippen molar-refractivity contribution in [2.75, 3.05) is 18.1 Å². The van der Waals surface area contributed by atoms with Gasteiger partial charge in [-0.2, -0.15) is 0 Å². The van der Waals surface area contributed by atoms with Crippen LogP contribution >= 0.6 is 0 Å². The maximum Gasteiger partial charge on any atom is 0.243 e. The number of sulfone groups is 1. The number of nitrogens with one attached hydrogen (secondary N) is 2. The van der Waals surface area contributed by atoms with Gasteiger partial charge in [0.2, 0.25) is 11.8 Å². The Balaban J connectivity index is 2.19. The van der Waals surface area contributed by atoms with Gasteiger partial charge < -0.3 is 10.6 Å². The summed E-state index contributed by atoms with van der Waals surface area (Å²) in [4.78, 5) is 22.9. The van der Waals surface area contributed by atoms with Crippen molar-refractivity contribution >= 4 is 21.7 Å². The van der Waals surface area contributed by atoms with E-state index in [1.807, 2.05) is 6.92 Å². The number of carbonyl (C=O) groups is 2. The molecule has 1 saturated heterocycles. The SMILES string of the molecule is C/C=C/C=C\C(=O)NCCC(=O)N[C@@H]1CCS(=O)(=O)C1. The molecule has 1 heterocycles. The largest absolute Gasteiger partial charge is 0.352 e. The maximum atomic E-state index is 11.6. The first-order valence-corrected chi connectivity index (χ1v) is 8.32. The van der Waals surface area contributed by atoms with E-state index in [1.54, 1.807) is 18.2 Å². The van der Waals surface area contributed by atoms with Gasteiger partial charge in [0.05, 0.1) is 11.5 Å². The highest BCUT2D eigenvalue weighted by Gasteiger charge is 2.28. The van der Waals surface area contributed by atoms with Gasteiger partial charge in [0.1, 0.15) is 0 Å². The van der Waals surface area contributed by atoms with E-state index in [1.165, 1.54) is 6.08 Å². The molecule has 0 spiro atoms. The zero-order chi connectivity index (χ0) is 15.0. The topological polar surface area (TPSA) is 92.3 Å². The van der Waals surface area contributed by atoms with E-state index in [0.717, 1.165) is 0 Å². The minimum absolute atomic E-state index is 0.0111. The molecule has 0 unspecified atom stereocenters. The third-order valence-electron chi connectivity index (χ3n) is 2.80. The summed E-state index contributed by atoms with van der Waals surface area (Å²) in [5, 5.41) is 5.24. The molecule has 2 N–H and O–H groups in total. The van der Waals surface area contributed by atoms with Crippen LogP contribution in [-0.2, 0) is 19.4 Å². The molecule has 1 rings (SSSR count). The van der Waals surface area contributed by atoms with Gasteiger partial charge in [-0.3, -0.25) is 9.59 Å². The van der Waals surface area contributed by atoms with E-state index < -0.39 is 9.84 Å². The summed E-state index contributed by atoms with van der Waals surface area (Å²) in [6, 6.07) is -0.294. The van der Waals surface area contributed by atoms with Gasteiger partial charge in [-0.25, -0.2) is 8.42 Å². The Labute approximate surface area is 119 Å². The predicted molar refractivity (Wildman–Crippen MR) is 76.8 cm³/mol. The van der Waals surface area contributed by atoms with E-state index in [-0.39, 0.29) is 42.3 Å². The Kier molecular flexibility index (Phi) is 6.44. The van der Waals surface area contributed by atoms with E-state index in [2.05, 4.69) is 10.6 Å². The van der Waals surface area contributed by atoms with E-state index in [4.69, 9.17) is 0 Å². The summed E-state index contributed by atoms with van der Waals surface area (Å²) in [5.74, 6) is -0.370. The van der Waals surface area contributed by atoms with Gasteiger partial charge in [0, 0.05) is 25.1 Å². The Hall–Kier alpha value is -1.63. The van der Waals surface area contributed by atoms with Crippen LogP contribution in [-0.4, -0.2) is 44.3 Å². The summed E-state index contributed by atoms with van der Waals surface area (Å²) < 4.78 is 22.5. The van der Waals surface area contributed by atoms with Gasteiger partial charge in [-0.15, -0.1) is 0 Å². The Morgan fingerprint density at radius 1 is 1.30 bits per heavy atom. The van der Waals surface area contributed by atoms with Crippen LogP contribution in [0.3, 0.4) is 0 Å². The fourth-order valence-corrected chi connectivity index (χ4v) is 3.49. The highest BCUT2D eigenvalue weighted by molar-refractivity contribution is 7.91. The first kappa shape index (κ1) is 16.4. The Bertz CT molecular complexity index is 508. The molecule has 0 radical (unpaired) electrons. The molecule has 0 aromatic rings. The van der Waals surface area contributed by atoms with Crippen molar-refractivity contribution in [1.82, 2.24) is 10.6 Å². The standard InChI is InChI=1S/C13H20N2O4S/c1-2-3-4-5-12(16)14-8-6-13(17)15-11-7-9-20(18,19)10-11/h2-5,11H,6-10H2,1H3,(H,14,16)(H,15,17)/b3-2+,5-4-/t11-/m1/s1. The lowest BCUT2D eigenvalue weighted by molar-refractivity contribution is -0.121. The molecule has 0 bridgehead atoms. The lowest BCUT2D eigenvalue weighted by Gasteiger charge is -2.10. The van der Waals surface area contributed by atoms with Crippen LogP contribution in [0.4, 0.5) is 0 Å². The molecule has 0 aliphatic carbocycles. The van der Waals surface area contributed by atoms with Crippen molar-refractivity contribution in [2.45, 2.75) is 25.8 Å². The van der Waals surface area contributed by atoms with Crippen LogP contribution in [0.5, 0.6) is 0 Å². The molecule has 7 heteroatoms. The van der Waals surface area contributed by atoms with Crippen molar-refractivity contribution in [2.24, 2.45) is 0 Å². The summed E-state index contributed by atoms with van der Waals surface area (Å²) in [6.07, 6.45) is 7.12. The molecule has 0 saturated carbocycles. The third kappa shape index (κ3) is 6.51. The average molecular weight is 300 g/mol. The molecule has 1 aliphatic heterocycles. The normalized spacial score (nSPS) is 21.4. The second kappa shape index (κ2) is 7.84. The van der Waals surface area contributed by atoms with Gasteiger partial charge >= 0.3 is 0 Å². The number of carbonyl (C=O) groups excluding carboxylic acids is 2. The Morgan fingerprint density at radius 3 is 2.65 bits per heavy atom. The quantitative estimate of drug-likeness (QED) is 0.530. The number of rotatable bonds is 6. The van der Waals surface area contributed by atoms with Crippen LogP contribution in [0, 0.1) is 0 Å². The van der Waals surface area contributed by atoms with Crippen LogP contribution in [0.1, 0.15) is 19.8 Å². The monoisotopic (exact) mass is 300 g/mol. The van der Waals surface area contributed by atoms with E-state index >= 15 is 0 Å². The zero-order valence-electron chi connectivity index (χ0n) is 11.5. The van der Waals surface area contributed by atoms with Crippen LogP contribution in [0.15, 0.2) is 24.3 Å². The van der Waals surface area contributed by atoms with Crippen LogP contribution < -0.4 is 10.6 Å².